The fourth-order valence-corrected chi connectivity index (χ4v) is 6.20. The van der Waals surface area contributed by atoms with Gasteiger partial charge in [0.05, 0.1) is 0 Å². The van der Waals surface area contributed by atoms with Crippen molar-refractivity contribution >= 4 is 17.4 Å². The molecule has 3 heterocycles. The first-order valence-corrected chi connectivity index (χ1v) is 11.3. The van der Waals surface area contributed by atoms with E-state index in [-0.39, 0.29) is 57.8 Å². The number of anilines is 1. The number of hydrogen-bond donors (Lipinski definition) is 0. The van der Waals surface area contributed by atoms with Crippen LogP contribution < -0.4 is 34.5 Å². The number of carbonyl (C=O) groups is 2. The number of allylic oxidation sites excluding steroid dienone is 1. The van der Waals surface area contributed by atoms with Gasteiger partial charge in [-0.2, -0.15) is 24.3 Å². The zero-order chi connectivity index (χ0) is 22.6. The third kappa shape index (κ3) is 2.87. The summed E-state index contributed by atoms with van der Waals surface area (Å²) in [6.45, 7) is 11.3. The molecule has 162 valence electrons. The summed E-state index contributed by atoms with van der Waals surface area (Å²) < 4.78 is 5.71. The fourth-order valence-electron chi connectivity index (χ4n) is 6.20. The summed E-state index contributed by atoms with van der Waals surface area (Å²) in [7, 11) is 0. The second-order valence-corrected chi connectivity index (χ2v) is 10.4. The van der Waals surface area contributed by atoms with E-state index < -0.39 is 5.97 Å². The first-order chi connectivity index (χ1) is 15.1. The van der Waals surface area contributed by atoms with Crippen LogP contribution in [0.15, 0.2) is 53.3 Å². The molecule has 1 aliphatic carbocycles. The molecule has 2 aromatic carbocycles. The van der Waals surface area contributed by atoms with Crippen molar-refractivity contribution in [2.24, 2.45) is 0 Å². The SMILES string of the molecule is CC(=O)C1=CC2=C3N(CCC2OC1=O)c1cc2c(cc1C3(C)C)-c1cc[c-]cc1C2(C)C.[Na+]. The van der Waals surface area contributed by atoms with Crippen molar-refractivity contribution in [1.82, 2.24) is 0 Å². The fraction of sp³-hybridized carbons (Fsp3) is 0.357. The predicted molar refractivity (Wildman–Crippen MR) is 124 cm³/mol. The minimum atomic E-state index is -0.497. The van der Waals surface area contributed by atoms with Crippen molar-refractivity contribution in [3.63, 3.8) is 0 Å². The molecule has 0 N–H and O–H groups in total. The van der Waals surface area contributed by atoms with Crippen molar-refractivity contribution in [2.75, 3.05) is 11.4 Å². The van der Waals surface area contributed by atoms with Gasteiger partial charge >= 0.3 is 35.5 Å². The molecule has 0 aromatic heterocycles. The largest absolute Gasteiger partial charge is 1.00 e. The van der Waals surface area contributed by atoms with Gasteiger partial charge in [0.15, 0.2) is 5.78 Å². The van der Waals surface area contributed by atoms with Crippen LogP contribution in [0.2, 0.25) is 0 Å². The summed E-state index contributed by atoms with van der Waals surface area (Å²) in [5.74, 6) is -0.746. The number of hydrogen-bond acceptors (Lipinski definition) is 4. The second kappa shape index (κ2) is 7.18. The molecule has 0 saturated heterocycles. The van der Waals surface area contributed by atoms with Gasteiger partial charge in [0.2, 0.25) is 0 Å². The van der Waals surface area contributed by atoms with Crippen LogP contribution in [0, 0.1) is 6.07 Å². The normalized spacial score (nSPS) is 22.8. The Morgan fingerprint density at radius 1 is 1.09 bits per heavy atom. The van der Waals surface area contributed by atoms with Gasteiger partial charge in [-0.1, -0.05) is 27.7 Å². The molecule has 0 fully saturated rings. The molecule has 33 heavy (non-hydrogen) atoms. The number of fused-ring (bicyclic) bond motifs is 7. The van der Waals surface area contributed by atoms with E-state index in [1.807, 2.05) is 6.07 Å². The molecule has 0 amide bonds. The Morgan fingerprint density at radius 3 is 2.58 bits per heavy atom. The molecule has 3 aliphatic heterocycles. The van der Waals surface area contributed by atoms with Crippen LogP contribution in [0.4, 0.5) is 5.69 Å². The Hall–Kier alpha value is -2.14. The Morgan fingerprint density at radius 2 is 1.85 bits per heavy atom. The minimum Gasteiger partial charge on any atom is -0.454 e. The van der Waals surface area contributed by atoms with Crippen molar-refractivity contribution in [1.29, 1.82) is 0 Å². The molecule has 0 radical (unpaired) electrons. The van der Waals surface area contributed by atoms with E-state index in [2.05, 4.69) is 62.9 Å². The molecule has 6 rings (SSSR count). The average Bonchev–Trinajstić information content (AvgIpc) is 3.12. The maximum absolute atomic E-state index is 12.3. The summed E-state index contributed by atoms with van der Waals surface area (Å²) >= 11 is 0. The number of ether oxygens (including phenoxy) is 1. The molecule has 0 spiro atoms. The third-order valence-corrected chi connectivity index (χ3v) is 7.85. The zero-order valence-electron chi connectivity index (χ0n) is 20.1. The van der Waals surface area contributed by atoms with Crippen LogP contribution in [0.5, 0.6) is 0 Å². The maximum atomic E-state index is 12.3. The second-order valence-electron chi connectivity index (χ2n) is 10.4. The molecule has 2 aromatic rings. The molecular formula is C28H26NNaO3. The van der Waals surface area contributed by atoms with Crippen LogP contribution in [0.3, 0.4) is 0 Å². The number of ketones is 1. The van der Waals surface area contributed by atoms with Gasteiger partial charge in [-0.15, -0.1) is 11.1 Å². The van der Waals surface area contributed by atoms with Crippen LogP contribution in [-0.2, 0) is 25.2 Å². The van der Waals surface area contributed by atoms with Crippen LogP contribution >= 0.6 is 0 Å². The van der Waals surface area contributed by atoms with E-state index in [1.54, 1.807) is 6.08 Å². The first kappa shape index (κ1) is 22.6. The van der Waals surface area contributed by atoms with Gasteiger partial charge in [0.1, 0.15) is 11.7 Å². The van der Waals surface area contributed by atoms with E-state index in [9.17, 15) is 9.59 Å². The molecule has 4 aliphatic rings. The van der Waals surface area contributed by atoms with E-state index in [0.29, 0.717) is 0 Å². The maximum Gasteiger partial charge on any atom is 1.00 e. The number of rotatable bonds is 1. The van der Waals surface area contributed by atoms with Gasteiger partial charge in [-0.3, -0.25) is 4.79 Å². The predicted octanol–water partition coefficient (Wildman–Crippen LogP) is 1.99. The average molecular weight is 448 g/mol. The summed E-state index contributed by atoms with van der Waals surface area (Å²) in [5, 5.41) is 0. The molecule has 0 bridgehead atoms. The summed E-state index contributed by atoms with van der Waals surface area (Å²) in [6, 6.07) is 14.3. The van der Waals surface area contributed by atoms with Crippen molar-refractivity contribution < 1.29 is 43.9 Å². The molecule has 4 nitrogen and oxygen atoms in total. The smallest absolute Gasteiger partial charge is 0.454 e. The Bertz CT molecular complexity index is 1310. The summed E-state index contributed by atoms with van der Waals surface area (Å²) in [5.41, 5.74) is 9.66. The van der Waals surface area contributed by atoms with Crippen LogP contribution in [0.25, 0.3) is 11.1 Å². The van der Waals surface area contributed by atoms with Gasteiger partial charge in [0.25, 0.3) is 0 Å². The van der Waals surface area contributed by atoms with Crippen molar-refractivity contribution in [3.05, 3.63) is 76.0 Å². The number of nitrogens with zero attached hydrogens (tertiary/aromatic N) is 1. The van der Waals surface area contributed by atoms with Gasteiger partial charge in [-0.25, -0.2) is 4.79 Å². The summed E-state index contributed by atoms with van der Waals surface area (Å²) in [6.07, 6.45) is 2.22. The van der Waals surface area contributed by atoms with Crippen LogP contribution in [0.1, 0.15) is 57.7 Å². The molecule has 0 saturated carbocycles. The zero-order valence-corrected chi connectivity index (χ0v) is 22.1. The first-order valence-electron chi connectivity index (χ1n) is 11.3. The topological polar surface area (TPSA) is 46.6 Å². The number of benzene rings is 2. The van der Waals surface area contributed by atoms with E-state index in [4.69, 9.17) is 4.74 Å². The molecule has 1 unspecified atom stereocenters. The molecule has 1 atom stereocenters. The molecular weight excluding hydrogens is 421 g/mol. The molecule has 5 heteroatoms. The number of carbonyl (C=O) groups excluding carboxylic acids is 2. The Kier molecular flexibility index (Phi) is 4.93. The monoisotopic (exact) mass is 447 g/mol. The van der Waals surface area contributed by atoms with Gasteiger partial charge < -0.3 is 9.64 Å². The Labute approximate surface area is 217 Å². The van der Waals surface area contributed by atoms with E-state index in [1.165, 1.54) is 40.4 Å². The third-order valence-electron chi connectivity index (χ3n) is 7.85. The van der Waals surface area contributed by atoms with E-state index >= 15 is 0 Å². The van der Waals surface area contributed by atoms with Crippen molar-refractivity contribution in [2.45, 2.75) is 58.0 Å². The Balaban J connectivity index is 0.00000228. The standard InChI is InChI=1S/C28H26NO3.Na/c1-15(30)17-12-19-24(32-26(17)31)10-11-29-23-14-21-18(13-22(23)28(4,5)25(19)29)16-8-6-7-9-20(16)27(21,2)3;/h6,8-9,12-14,24H,10-11H2,1-5H3;/q-1;+1. The minimum absolute atomic E-state index is 0. The summed E-state index contributed by atoms with van der Waals surface area (Å²) in [4.78, 5) is 26.8. The van der Waals surface area contributed by atoms with Gasteiger partial charge in [0, 0.05) is 35.3 Å². The van der Waals surface area contributed by atoms with Crippen molar-refractivity contribution in [3.8, 4) is 11.1 Å². The quantitative estimate of drug-likeness (QED) is 0.290. The van der Waals surface area contributed by atoms with E-state index in [0.717, 1.165) is 24.2 Å². The van der Waals surface area contributed by atoms with Crippen LogP contribution in [-0.4, -0.2) is 24.4 Å². The number of esters is 1. The van der Waals surface area contributed by atoms with Gasteiger partial charge in [-0.05, 0) is 47.2 Å². The number of Topliss-reactive ketones (excluding diaryl/α,β-unsaturated/α-hetero) is 1.